The molecule has 0 aromatic carbocycles. The second-order valence-electron chi connectivity index (χ2n) is 6.72. The predicted molar refractivity (Wildman–Crippen MR) is 102 cm³/mol. The summed E-state index contributed by atoms with van der Waals surface area (Å²) in [5, 5.41) is 0.311. The van der Waals surface area contributed by atoms with Gasteiger partial charge in [-0.1, -0.05) is 17.7 Å². The number of sulfone groups is 1. The van der Waals surface area contributed by atoms with E-state index in [1.807, 2.05) is 26.1 Å². The van der Waals surface area contributed by atoms with Gasteiger partial charge in [0, 0.05) is 37.3 Å². The molecule has 5 nitrogen and oxygen atoms in total. The molecular formula is C18H22ClN3O2S. The number of hydrogen-bond donors (Lipinski definition) is 0. The van der Waals surface area contributed by atoms with Gasteiger partial charge in [-0.05, 0) is 43.9 Å². The summed E-state index contributed by atoms with van der Waals surface area (Å²) in [5.41, 5.74) is 3.88. The van der Waals surface area contributed by atoms with Crippen LogP contribution < -0.4 is 4.90 Å². The van der Waals surface area contributed by atoms with Crippen LogP contribution in [0.4, 0.5) is 5.82 Å². The van der Waals surface area contributed by atoms with Crippen molar-refractivity contribution in [2.45, 2.75) is 31.9 Å². The maximum Gasteiger partial charge on any atom is 0.150 e. The third kappa shape index (κ3) is 3.96. The minimum Gasteiger partial charge on any atom is -0.357 e. The third-order valence-electron chi connectivity index (χ3n) is 4.68. The molecule has 0 N–H and O–H groups in total. The molecule has 0 unspecified atom stereocenters. The average Bonchev–Trinajstić information content (AvgIpc) is 2.55. The van der Waals surface area contributed by atoms with E-state index in [4.69, 9.17) is 11.6 Å². The molecule has 1 fully saturated rings. The molecule has 134 valence electrons. The number of anilines is 1. The second-order valence-corrected chi connectivity index (χ2v) is 9.45. The second kappa shape index (κ2) is 6.92. The molecule has 1 saturated heterocycles. The highest BCUT2D eigenvalue weighted by Crippen LogP contribution is 2.32. The lowest BCUT2D eigenvalue weighted by Gasteiger charge is -2.32. The van der Waals surface area contributed by atoms with Gasteiger partial charge in [0.2, 0.25) is 0 Å². The average molecular weight is 380 g/mol. The van der Waals surface area contributed by atoms with Gasteiger partial charge < -0.3 is 4.90 Å². The van der Waals surface area contributed by atoms with Crippen LogP contribution in [0.5, 0.6) is 0 Å². The van der Waals surface area contributed by atoms with Crippen LogP contribution in [0, 0.1) is 13.8 Å². The molecule has 0 atom stereocenters. The van der Waals surface area contributed by atoms with Gasteiger partial charge >= 0.3 is 0 Å². The normalized spacial score (nSPS) is 16.2. The molecule has 7 heteroatoms. The maximum atomic E-state index is 11.7. The molecule has 3 rings (SSSR count). The molecule has 1 aliphatic heterocycles. The summed E-state index contributed by atoms with van der Waals surface area (Å²) >= 11 is 6.36. The Balaban J connectivity index is 1.88. The SMILES string of the molecule is Cc1cnc(-c2cc(N3CCC(S(C)(=O)=O)CC3)ncc2Cl)c(C)c1. The Morgan fingerprint density at radius 1 is 1.12 bits per heavy atom. The van der Waals surface area contributed by atoms with E-state index in [2.05, 4.69) is 20.9 Å². The van der Waals surface area contributed by atoms with Crippen LogP contribution >= 0.6 is 11.6 Å². The Morgan fingerprint density at radius 2 is 1.80 bits per heavy atom. The zero-order valence-electron chi connectivity index (χ0n) is 14.7. The number of rotatable bonds is 3. The van der Waals surface area contributed by atoms with E-state index < -0.39 is 9.84 Å². The van der Waals surface area contributed by atoms with Gasteiger partial charge in [0.05, 0.1) is 16.0 Å². The number of nitrogens with zero attached hydrogens (tertiary/aromatic N) is 3. The van der Waals surface area contributed by atoms with Crippen LogP contribution in [0.2, 0.25) is 5.02 Å². The molecule has 3 heterocycles. The first-order valence-corrected chi connectivity index (χ1v) is 10.6. The zero-order chi connectivity index (χ0) is 18.2. The molecule has 1 aliphatic rings. The molecule has 0 saturated carbocycles. The lowest BCUT2D eigenvalue weighted by Crippen LogP contribution is -2.39. The molecule has 0 amide bonds. The van der Waals surface area contributed by atoms with Crippen molar-refractivity contribution >= 4 is 27.3 Å². The first-order chi connectivity index (χ1) is 11.8. The van der Waals surface area contributed by atoms with Crippen molar-refractivity contribution in [3.05, 3.63) is 40.7 Å². The summed E-state index contributed by atoms with van der Waals surface area (Å²) < 4.78 is 23.4. The van der Waals surface area contributed by atoms with Gasteiger partial charge in [0.25, 0.3) is 0 Å². The summed E-state index contributed by atoms with van der Waals surface area (Å²) in [7, 11) is -2.98. The fourth-order valence-corrected chi connectivity index (χ4v) is 4.55. The lowest BCUT2D eigenvalue weighted by atomic mass is 10.1. The molecular weight excluding hydrogens is 358 g/mol. The van der Waals surface area contributed by atoms with Crippen LogP contribution in [-0.4, -0.2) is 43.0 Å². The van der Waals surface area contributed by atoms with Gasteiger partial charge in [0.1, 0.15) is 15.7 Å². The van der Waals surface area contributed by atoms with Gasteiger partial charge in [0.15, 0.2) is 0 Å². The van der Waals surface area contributed by atoms with Gasteiger partial charge in [-0.15, -0.1) is 0 Å². The topological polar surface area (TPSA) is 63.2 Å². The Kier molecular flexibility index (Phi) is 5.02. The highest BCUT2D eigenvalue weighted by atomic mass is 35.5. The molecule has 0 aliphatic carbocycles. The van der Waals surface area contributed by atoms with Crippen LogP contribution in [-0.2, 0) is 9.84 Å². The number of aromatic nitrogens is 2. The molecule has 25 heavy (non-hydrogen) atoms. The third-order valence-corrected chi connectivity index (χ3v) is 6.67. The van der Waals surface area contributed by atoms with Crippen molar-refractivity contribution in [3.63, 3.8) is 0 Å². The van der Waals surface area contributed by atoms with E-state index in [1.165, 1.54) is 6.26 Å². The quantitative estimate of drug-likeness (QED) is 0.817. The summed E-state index contributed by atoms with van der Waals surface area (Å²) in [6.45, 7) is 5.37. The molecule has 2 aromatic rings. The van der Waals surface area contributed by atoms with E-state index in [1.54, 1.807) is 6.20 Å². The van der Waals surface area contributed by atoms with Crippen LogP contribution in [0.3, 0.4) is 0 Å². The van der Waals surface area contributed by atoms with Crippen molar-refractivity contribution in [1.82, 2.24) is 9.97 Å². The minimum absolute atomic E-state index is 0.253. The van der Waals surface area contributed by atoms with Crippen molar-refractivity contribution in [2.75, 3.05) is 24.2 Å². The molecule has 0 bridgehead atoms. The van der Waals surface area contributed by atoms with E-state index in [-0.39, 0.29) is 5.25 Å². The number of pyridine rings is 2. The first kappa shape index (κ1) is 18.1. The fourth-order valence-electron chi connectivity index (χ4n) is 3.29. The number of hydrogen-bond acceptors (Lipinski definition) is 5. The van der Waals surface area contributed by atoms with Crippen LogP contribution in [0.15, 0.2) is 24.5 Å². The molecule has 0 radical (unpaired) electrons. The van der Waals surface area contributed by atoms with E-state index in [9.17, 15) is 8.42 Å². The summed E-state index contributed by atoms with van der Waals surface area (Å²) in [6.07, 6.45) is 6.05. The highest BCUT2D eigenvalue weighted by molar-refractivity contribution is 7.91. The fraction of sp³-hybridized carbons (Fsp3) is 0.444. The maximum absolute atomic E-state index is 11.7. The Morgan fingerprint density at radius 3 is 2.40 bits per heavy atom. The largest absolute Gasteiger partial charge is 0.357 e. The predicted octanol–water partition coefficient (Wildman–Crippen LogP) is 3.43. The van der Waals surface area contributed by atoms with Crippen LogP contribution in [0.25, 0.3) is 11.3 Å². The number of piperidine rings is 1. The van der Waals surface area contributed by atoms with Crippen molar-refractivity contribution in [2.24, 2.45) is 0 Å². The van der Waals surface area contributed by atoms with Gasteiger partial charge in [-0.25, -0.2) is 13.4 Å². The van der Waals surface area contributed by atoms with Crippen LogP contribution in [0.1, 0.15) is 24.0 Å². The van der Waals surface area contributed by atoms with E-state index >= 15 is 0 Å². The van der Waals surface area contributed by atoms with Crippen molar-refractivity contribution in [3.8, 4) is 11.3 Å². The number of aryl methyl sites for hydroxylation is 2. The number of halogens is 1. The van der Waals surface area contributed by atoms with E-state index in [0.717, 1.165) is 28.2 Å². The first-order valence-electron chi connectivity index (χ1n) is 8.28. The summed E-state index contributed by atoms with van der Waals surface area (Å²) in [4.78, 5) is 11.1. The zero-order valence-corrected chi connectivity index (χ0v) is 16.2. The smallest absolute Gasteiger partial charge is 0.150 e. The Labute approximate surface area is 154 Å². The molecule has 0 spiro atoms. The summed E-state index contributed by atoms with van der Waals surface area (Å²) in [6, 6.07) is 4.03. The van der Waals surface area contributed by atoms with E-state index in [0.29, 0.717) is 31.0 Å². The highest BCUT2D eigenvalue weighted by Gasteiger charge is 2.27. The Hall–Kier alpha value is -1.66. The monoisotopic (exact) mass is 379 g/mol. The minimum atomic E-state index is -2.98. The standard InChI is InChI=1S/C18H22ClN3O2S/c1-12-8-13(2)18(21-10-12)15-9-17(20-11-16(15)19)22-6-4-14(5-7-22)25(3,23)24/h8-11,14H,4-7H2,1-3H3. The lowest BCUT2D eigenvalue weighted by molar-refractivity contribution is 0.532. The molecule has 2 aromatic heterocycles. The van der Waals surface area contributed by atoms with Gasteiger partial charge in [-0.2, -0.15) is 0 Å². The van der Waals surface area contributed by atoms with Crippen molar-refractivity contribution < 1.29 is 8.42 Å². The summed E-state index contributed by atoms with van der Waals surface area (Å²) in [5.74, 6) is 0.813. The van der Waals surface area contributed by atoms with Gasteiger partial charge in [-0.3, -0.25) is 4.98 Å². The van der Waals surface area contributed by atoms with Crippen molar-refractivity contribution in [1.29, 1.82) is 0 Å². The Bertz CT molecular complexity index is 891.